The lowest BCUT2D eigenvalue weighted by Crippen LogP contribution is -2.35. The van der Waals surface area contributed by atoms with Crippen LogP contribution in [0.1, 0.15) is 31.0 Å². The number of benzene rings is 2. The molecule has 1 atom stereocenters. The molecule has 1 saturated heterocycles. The Bertz CT molecular complexity index is 1060. The summed E-state index contributed by atoms with van der Waals surface area (Å²) in [5.74, 6) is -0.601. The Morgan fingerprint density at radius 1 is 1.09 bits per heavy atom. The molecular weight excluding hydrogens is 463 g/mol. The van der Waals surface area contributed by atoms with Crippen LogP contribution in [-0.2, 0) is 9.59 Å². The highest BCUT2D eigenvalue weighted by atomic mass is 35.5. The molecule has 0 unspecified atom stereocenters. The number of nitrogens with zero attached hydrogens (tertiary/aromatic N) is 2. The van der Waals surface area contributed by atoms with Crippen molar-refractivity contribution in [1.29, 1.82) is 0 Å². The highest BCUT2D eigenvalue weighted by Gasteiger charge is 2.46. The van der Waals surface area contributed by atoms with E-state index in [0.29, 0.717) is 52.5 Å². The van der Waals surface area contributed by atoms with Crippen molar-refractivity contribution in [2.24, 2.45) is 5.92 Å². The summed E-state index contributed by atoms with van der Waals surface area (Å²) < 4.78 is 5.69. The number of carbonyl (C=O) groups is 2. The fourth-order valence-corrected chi connectivity index (χ4v) is 3.88. The Labute approximate surface area is 204 Å². The van der Waals surface area contributed by atoms with Crippen LogP contribution in [0.4, 0.5) is 0 Å². The molecule has 0 bridgehead atoms. The number of likely N-dealkylation sites (N-methyl/N-ethyl adjacent to an activating group) is 1. The largest absolute Gasteiger partial charge is 0.507 e. The number of aliphatic hydroxyl groups excluding tert-OH is 1. The van der Waals surface area contributed by atoms with Crippen LogP contribution in [-0.4, -0.2) is 60.4 Å². The minimum absolute atomic E-state index is 0.0213. The Kier molecular flexibility index (Phi) is 8.05. The molecule has 1 N–H and O–H groups in total. The molecule has 33 heavy (non-hydrogen) atoms. The second-order valence-electron chi connectivity index (χ2n) is 8.70. The summed E-state index contributed by atoms with van der Waals surface area (Å²) in [5.41, 5.74) is 1.04. The molecule has 2 aromatic carbocycles. The van der Waals surface area contributed by atoms with Gasteiger partial charge in [0.1, 0.15) is 11.5 Å². The minimum atomic E-state index is -0.781. The summed E-state index contributed by atoms with van der Waals surface area (Å²) in [7, 11) is 3.77. The first-order valence-electron chi connectivity index (χ1n) is 10.7. The molecule has 0 aromatic heterocycles. The third-order valence-corrected chi connectivity index (χ3v) is 6.04. The zero-order chi connectivity index (χ0) is 24.3. The van der Waals surface area contributed by atoms with Gasteiger partial charge in [0.05, 0.1) is 28.3 Å². The standard InChI is InChI=1S/C25H28Cl2N2O4/c1-15(2)14-33-18-8-5-16(6-9-18)23(30)21-22(17-7-10-19(26)20(27)13-17)29(12-11-28(3)4)25(32)24(21)31/h5-10,13,15,22,30H,11-12,14H2,1-4H3/t22-/m1/s1. The molecule has 1 aliphatic heterocycles. The second kappa shape index (κ2) is 10.6. The maximum atomic E-state index is 13.0. The third kappa shape index (κ3) is 5.69. The van der Waals surface area contributed by atoms with Gasteiger partial charge in [0.25, 0.3) is 11.7 Å². The van der Waals surface area contributed by atoms with Gasteiger partial charge in [-0.15, -0.1) is 0 Å². The lowest BCUT2D eigenvalue weighted by molar-refractivity contribution is -0.140. The predicted octanol–water partition coefficient (Wildman–Crippen LogP) is 5.01. The number of rotatable bonds is 8. The summed E-state index contributed by atoms with van der Waals surface area (Å²) in [4.78, 5) is 29.4. The Hall–Kier alpha value is -2.54. The van der Waals surface area contributed by atoms with E-state index in [2.05, 4.69) is 13.8 Å². The summed E-state index contributed by atoms with van der Waals surface area (Å²) in [5, 5.41) is 11.8. The molecule has 0 spiro atoms. The van der Waals surface area contributed by atoms with Crippen molar-refractivity contribution in [2.75, 3.05) is 33.8 Å². The average molecular weight is 491 g/mol. The third-order valence-electron chi connectivity index (χ3n) is 5.30. The number of ether oxygens (including phenoxy) is 1. The summed E-state index contributed by atoms with van der Waals surface area (Å²) >= 11 is 12.3. The number of hydrogen-bond acceptors (Lipinski definition) is 5. The molecule has 1 amide bonds. The Morgan fingerprint density at radius 2 is 1.76 bits per heavy atom. The molecule has 1 aliphatic rings. The SMILES string of the molecule is CC(C)COc1ccc(C(O)=C2C(=O)C(=O)N(CCN(C)C)[C@@H]2c2ccc(Cl)c(Cl)c2)cc1. The smallest absolute Gasteiger partial charge is 0.295 e. The number of ketones is 1. The van der Waals surface area contributed by atoms with Crippen LogP contribution in [0.5, 0.6) is 5.75 Å². The van der Waals surface area contributed by atoms with Crippen LogP contribution in [0.15, 0.2) is 48.0 Å². The van der Waals surface area contributed by atoms with E-state index < -0.39 is 17.7 Å². The molecule has 1 heterocycles. The van der Waals surface area contributed by atoms with E-state index in [-0.39, 0.29) is 11.3 Å². The van der Waals surface area contributed by atoms with Gasteiger partial charge in [-0.2, -0.15) is 0 Å². The Morgan fingerprint density at radius 3 is 2.33 bits per heavy atom. The van der Waals surface area contributed by atoms with Crippen molar-refractivity contribution in [3.05, 3.63) is 69.2 Å². The summed E-state index contributed by atoms with van der Waals surface area (Å²) in [6.07, 6.45) is 0. The molecule has 6 nitrogen and oxygen atoms in total. The molecule has 0 radical (unpaired) electrons. The quantitative estimate of drug-likeness (QED) is 0.319. The summed E-state index contributed by atoms with van der Waals surface area (Å²) in [6.45, 7) is 5.53. The maximum absolute atomic E-state index is 13.0. The lowest BCUT2D eigenvalue weighted by atomic mass is 9.95. The van der Waals surface area contributed by atoms with E-state index in [1.165, 1.54) is 4.90 Å². The van der Waals surface area contributed by atoms with Crippen molar-refractivity contribution in [1.82, 2.24) is 9.80 Å². The number of halogens is 2. The average Bonchev–Trinajstić information content (AvgIpc) is 3.02. The fraction of sp³-hybridized carbons (Fsp3) is 0.360. The van der Waals surface area contributed by atoms with Gasteiger partial charge in [-0.25, -0.2) is 0 Å². The van der Waals surface area contributed by atoms with Crippen molar-refractivity contribution in [3.8, 4) is 5.75 Å². The molecule has 0 saturated carbocycles. The van der Waals surface area contributed by atoms with Gasteiger partial charge in [-0.05, 0) is 62.0 Å². The topological polar surface area (TPSA) is 70.1 Å². The van der Waals surface area contributed by atoms with Gasteiger partial charge in [0, 0.05) is 18.7 Å². The second-order valence-corrected chi connectivity index (χ2v) is 9.51. The number of likely N-dealkylation sites (tertiary alicyclic amines) is 1. The molecular formula is C25H28Cl2N2O4. The number of Topliss-reactive ketones (excluding diaryl/α,β-unsaturated/α-hetero) is 1. The zero-order valence-electron chi connectivity index (χ0n) is 19.1. The van der Waals surface area contributed by atoms with E-state index in [1.54, 1.807) is 42.5 Å². The first kappa shape index (κ1) is 25.1. The van der Waals surface area contributed by atoms with E-state index in [0.717, 1.165) is 0 Å². The highest BCUT2D eigenvalue weighted by Crippen LogP contribution is 2.41. The van der Waals surface area contributed by atoms with E-state index in [4.69, 9.17) is 27.9 Å². The van der Waals surface area contributed by atoms with E-state index in [1.807, 2.05) is 19.0 Å². The monoisotopic (exact) mass is 490 g/mol. The molecule has 0 aliphatic carbocycles. The van der Waals surface area contributed by atoms with Crippen molar-refractivity contribution in [3.63, 3.8) is 0 Å². The minimum Gasteiger partial charge on any atom is -0.507 e. The number of hydrogen-bond donors (Lipinski definition) is 1. The lowest BCUT2D eigenvalue weighted by Gasteiger charge is -2.26. The number of carbonyl (C=O) groups excluding carboxylic acids is 2. The first-order chi connectivity index (χ1) is 15.6. The van der Waals surface area contributed by atoms with Gasteiger partial charge in [-0.3, -0.25) is 9.59 Å². The Balaban J connectivity index is 2.05. The van der Waals surface area contributed by atoms with Crippen LogP contribution in [0.25, 0.3) is 5.76 Å². The number of aliphatic hydroxyl groups is 1. The van der Waals surface area contributed by atoms with Gasteiger partial charge >= 0.3 is 0 Å². The zero-order valence-corrected chi connectivity index (χ0v) is 20.7. The van der Waals surface area contributed by atoms with Crippen LogP contribution < -0.4 is 4.74 Å². The van der Waals surface area contributed by atoms with Crippen LogP contribution in [0, 0.1) is 5.92 Å². The summed E-state index contributed by atoms with van der Waals surface area (Å²) in [6, 6.07) is 11.0. The van der Waals surface area contributed by atoms with Gasteiger partial charge in [-0.1, -0.05) is 43.1 Å². The fourth-order valence-electron chi connectivity index (χ4n) is 3.57. The van der Waals surface area contributed by atoms with Crippen molar-refractivity contribution >= 4 is 40.7 Å². The van der Waals surface area contributed by atoms with Crippen LogP contribution >= 0.6 is 23.2 Å². The normalized spacial score (nSPS) is 17.9. The van der Waals surface area contributed by atoms with Gasteiger partial charge in [0.2, 0.25) is 0 Å². The predicted molar refractivity (Wildman–Crippen MR) is 131 cm³/mol. The molecule has 3 rings (SSSR count). The molecule has 176 valence electrons. The highest BCUT2D eigenvalue weighted by molar-refractivity contribution is 6.46. The van der Waals surface area contributed by atoms with Crippen molar-refractivity contribution in [2.45, 2.75) is 19.9 Å². The van der Waals surface area contributed by atoms with Crippen molar-refractivity contribution < 1.29 is 19.4 Å². The first-order valence-corrected chi connectivity index (χ1v) is 11.5. The number of amides is 1. The molecule has 2 aromatic rings. The molecule has 1 fully saturated rings. The van der Waals surface area contributed by atoms with Crippen LogP contribution in [0.3, 0.4) is 0 Å². The van der Waals surface area contributed by atoms with Gasteiger partial charge in [0.15, 0.2) is 0 Å². The van der Waals surface area contributed by atoms with Crippen LogP contribution in [0.2, 0.25) is 10.0 Å². The van der Waals surface area contributed by atoms with E-state index >= 15 is 0 Å². The molecule has 8 heteroatoms. The maximum Gasteiger partial charge on any atom is 0.295 e. The van der Waals surface area contributed by atoms with E-state index in [9.17, 15) is 14.7 Å². The van der Waals surface area contributed by atoms with Gasteiger partial charge < -0.3 is 19.6 Å².